The summed E-state index contributed by atoms with van der Waals surface area (Å²) in [7, 11) is 0. The normalized spacial score (nSPS) is 11.2. The van der Waals surface area contributed by atoms with Gasteiger partial charge in [-0.05, 0) is 12.1 Å². The third-order valence-corrected chi connectivity index (χ3v) is 3.35. The van der Waals surface area contributed by atoms with Gasteiger partial charge in [-0.25, -0.2) is 0 Å². The number of fused-ring (bicyclic) bond motifs is 3. The first-order valence-electron chi connectivity index (χ1n) is 5.90. The number of hydrogen-bond acceptors (Lipinski definition) is 1. The van der Waals surface area contributed by atoms with E-state index in [0.29, 0.717) is 12.3 Å². The first-order valence-corrected chi connectivity index (χ1v) is 6.43. The third-order valence-electron chi connectivity index (χ3n) is 3.16. The van der Waals surface area contributed by atoms with Gasteiger partial charge in [-0.15, -0.1) is 11.6 Å². The second kappa shape index (κ2) is 4.46. The van der Waals surface area contributed by atoms with E-state index in [0.717, 1.165) is 27.4 Å². The van der Waals surface area contributed by atoms with E-state index in [4.69, 9.17) is 11.6 Å². The maximum atomic E-state index is 12.0. The summed E-state index contributed by atoms with van der Waals surface area (Å²) in [5.74, 6) is 0.442. The Bertz CT molecular complexity index is 730. The van der Waals surface area contributed by atoms with Gasteiger partial charge in [0.2, 0.25) is 0 Å². The molecule has 3 heteroatoms. The lowest BCUT2D eigenvalue weighted by molar-refractivity contribution is 0.0990. The standard InChI is InChI=1S/C15H12ClNO/c16-9-8-14(18)12-6-3-5-11-10-4-1-2-7-13(10)17-15(11)12/h1-7,17H,8-9H2. The summed E-state index contributed by atoms with van der Waals surface area (Å²) < 4.78 is 0. The van der Waals surface area contributed by atoms with Crippen LogP contribution >= 0.6 is 11.6 Å². The van der Waals surface area contributed by atoms with Crippen molar-refractivity contribution < 1.29 is 4.79 Å². The van der Waals surface area contributed by atoms with E-state index >= 15 is 0 Å². The highest BCUT2D eigenvalue weighted by atomic mass is 35.5. The second-order valence-electron chi connectivity index (χ2n) is 4.26. The Hall–Kier alpha value is -1.80. The zero-order valence-corrected chi connectivity index (χ0v) is 10.5. The van der Waals surface area contributed by atoms with Crippen molar-refractivity contribution in [1.29, 1.82) is 0 Å². The number of alkyl halides is 1. The molecular weight excluding hydrogens is 246 g/mol. The molecule has 0 radical (unpaired) electrons. The van der Waals surface area contributed by atoms with E-state index in [1.165, 1.54) is 0 Å². The van der Waals surface area contributed by atoms with Gasteiger partial charge in [0.15, 0.2) is 5.78 Å². The Kier molecular flexibility index (Phi) is 2.80. The number of aromatic amines is 1. The monoisotopic (exact) mass is 257 g/mol. The highest BCUT2D eigenvalue weighted by molar-refractivity contribution is 6.21. The number of Topliss-reactive ketones (excluding diaryl/α,β-unsaturated/α-hetero) is 1. The molecule has 1 heterocycles. The molecule has 0 unspecified atom stereocenters. The molecule has 18 heavy (non-hydrogen) atoms. The fourth-order valence-electron chi connectivity index (χ4n) is 2.33. The van der Waals surface area contributed by atoms with Crippen LogP contribution in [-0.2, 0) is 0 Å². The van der Waals surface area contributed by atoms with Crippen molar-refractivity contribution in [3.63, 3.8) is 0 Å². The van der Waals surface area contributed by atoms with Crippen LogP contribution in [0.15, 0.2) is 42.5 Å². The zero-order valence-electron chi connectivity index (χ0n) is 9.74. The van der Waals surface area contributed by atoms with Crippen LogP contribution in [0.1, 0.15) is 16.8 Å². The third kappa shape index (κ3) is 1.70. The van der Waals surface area contributed by atoms with Crippen LogP contribution in [0.2, 0.25) is 0 Å². The number of rotatable bonds is 3. The highest BCUT2D eigenvalue weighted by Crippen LogP contribution is 2.27. The number of para-hydroxylation sites is 2. The van der Waals surface area contributed by atoms with Gasteiger partial charge < -0.3 is 4.98 Å². The molecule has 3 aromatic rings. The molecule has 1 N–H and O–H groups in total. The van der Waals surface area contributed by atoms with Gasteiger partial charge in [-0.1, -0.05) is 30.3 Å². The number of benzene rings is 2. The number of H-pyrrole nitrogens is 1. The van der Waals surface area contributed by atoms with Gasteiger partial charge in [-0.3, -0.25) is 4.79 Å². The van der Waals surface area contributed by atoms with Gasteiger partial charge in [0.25, 0.3) is 0 Å². The molecule has 90 valence electrons. The van der Waals surface area contributed by atoms with Crippen LogP contribution in [0.3, 0.4) is 0 Å². The predicted molar refractivity (Wildman–Crippen MR) is 75.5 cm³/mol. The molecule has 0 saturated carbocycles. The van der Waals surface area contributed by atoms with Gasteiger partial charge in [0.1, 0.15) is 0 Å². The van der Waals surface area contributed by atoms with E-state index in [9.17, 15) is 4.79 Å². The minimum absolute atomic E-state index is 0.0853. The quantitative estimate of drug-likeness (QED) is 0.555. The lowest BCUT2D eigenvalue weighted by atomic mass is 10.0. The Morgan fingerprint density at radius 2 is 1.83 bits per heavy atom. The van der Waals surface area contributed by atoms with Crippen molar-refractivity contribution >= 4 is 39.2 Å². The first-order chi connectivity index (χ1) is 8.81. The second-order valence-corrected chi connectivity index (χ2v) is 4.64. The summed E-state index contributed by atoms with van der Waals surface area (Å²) in [6.07, 6.45) is 0.371. The van der Waals surface area contributed by atoms with Gasteiger partial charge in [0.05, 0.1) is 5.52 Å². The van der Waals surface area contributed by atoms with E-state index in [1.807, 2.05) is 36.4 Å². The number of hydrogen-bond donors (Lipinski definition) is 1. The molecule has 1 aromatic heterocycles. The Balaban J connectivity index is 2.31. The summed E-state index contributed by atoms with van der Waals surface area (Å²) >= 11 is 5.65. The van der Waals surface area contributed by atoms with Gasteiger partial charge in [-0.2, -0.15) is 0 Å². The number of halogens is 1. The summed E-state index contributed by atoms with van der Waals surface area (Å²) in [5, 5.41) is 2.24. The topological polar surface area (TPSA) is 32.9 Å². The maximum absolute atomic E-state index is 12.0. The van der Waals surface area contributed by atoms with Crippen LogP contribution in [-0.4, -0.2) is 16.6 Å². The molecule has 0 fully saturated rings. The molecule has 2 nitrogen and oxygen atoms in total. The Morgan fingerprint density at radius 1 is 1.06 bits per heavy atom. The first kappa shape index (κ1) is 11.3. The summed E-state index contributed by atoms with van der Waals surface area (Å²) in [5.41, 5.74) is 2.69. The maximum Gasteiger partial charge on any atom is 0.166 e. The number of carbonyl (C=O) groups is 1. The molecule has 0 aliphatic rings. The van der Waals surface area contributed by atoms with Gasteiger partial charge >= 0.3 is 0 Å². The summed E-state index contributed by atoms with van der Waals surface area (Å²) in [6.45, 7) is 0. The largest absolute Gasteiger partial charge is 0.354 e. The SMILES string of the molecule is O=C(CCCl)c1cccc2c1[nH]c1ccccc12. The lowest BCUT2D eigenvalue weighted by Crippen LogP contribution is -2.00. The molecule has 0 saturated heterocycles. The summed E-state index contributed by atoms with van der Waals surface area (Å²) in [6, 6.07) is 13.9. The fraction of sp³-hybridized carbons (Fsp3) is 0.133. The smallest absolute Gasteiger partial charge is 0.166 e. The molecule has 3 rings (SSSR count). The number of ketones is 1. The van der Waals surface area contributed by atoms with E-state index in [2.05, 4.69) is 11.1 Å². The minimum atomic E-state index is 0.0853. The van der Waals surface area contributed by atoms with Crippen molar-refractivity contribution in [1.82, 2.24) is 4.98 Å². The van der Waals surface area contributed by atoms with Crippen molar-refractivity contribution in [2.45, 2.75) is 6.42 Å². The lowest BCUT2D eigenvalue weighted by Gasteiger charge is -2.00. The minimum Gasteiger partial charge on any atom is -0.354 e. The molecule has 2 aromatic carbocycles. The van der Waals surface area contributed by atoms with Crippen molar-refractivity contribution in [2.75, 3.05) is 5.88 Å². The number of aromatic nitrogens is 1. The predicted octanol–water partition coefficient (Wildman–Crippen LogP) is 4.13. The van der Waals surface area contributed by atoms with E-state index < -0.39 is 0 Å². The van der Waals surface area contributed by atoms with Crippen LogP contribution in [0.25, 0.3) is 21.8 Å². The molecule has 0 atom stereocenters. The average Bonchev–Trinajstić information content (AvgIpc) is 2.77. The van der Waals surface area contributed by atoms with Crippen molar-refractivity contribution in [3.8, 4) is 0 Å². The highest BCUT2D eigenvalue weighted by Gasteiger charge is 2.12. The number of nitrogens with one attached hydrogen (secondary N) is 1. The molecule has 0 aliphatic carbocycles. The molecule has 0 spiro atoms. The fourth-order valence-corrected chi connectivity index (χ4v) is 2.50. The Labute approximate surface area is 110 Å². The molecular formula is C15H12ClNO. The van der Waals surface area contributed by atoms with Crippen molar-refractivity contribution in [3.05, 3.63) is 48.0 Å². The zero-order chi connectivity index (χ0) is 12.5. The molecule has 0 aliphatic heterocycles. The average molecular weight is 258 g/mol. The molecule has 0 bridgehead atoms. The van der Waals surface area contributed by atoms with Crippen LogP contribution in [0, 0.1) is 0 Å². The van der Waals surface area contributed by atoms with Crippen LogP contribution in [0.4, 0.5) is 0 Å². The Morgan fingerprint density at radius 3 is 2.67 bits per heavy atom. The van der Waals surface area contributed by atoms with Crippen molar-refractivity contribution in [2.24, 2.45) is 0 Å². The number of carbonyl (C=O) groups excluding carboxylic acids is 1. The van der Waals surface area contributed by atoms with Gasteiger partial charge in [0, 0.05) is 34.2 Å². The van der Waals surface area contributed by atoms with Crippen LogP contribution in [0.5, 0.6) is 0 Å². The summed E-state index contributed by atoms with van der Waals surface area (Å²) in [4.78, 5) is 15.4. The molecule has 0 amide bonds. The van der Waals surface area contributed by atoms with E-state index in [1.54, 1.807) is 0 Å². The van der Waals surface area contributed by atoms with Crippen LogP contribution < -0.4 is 0 Å². The van der Waals surface area contributed by atoms with E-state index in [-0.39, 0.29) is 5.78 Å².